The molecule has 0 atom stereocenters. The summed E-state index contributed by atoms with van der Waals surface area (Å²) >= 11 is 5.87. The predicted octanol–water partition coefficient (Wildman–Crippen LogP) is 4.71. The standard InChI is InChI=1S/C18H12ClF3N6O4/c19-11-5-9(18(20,21)22)7-23-15(11)27-17-14(28(29)30)16(24-8-25-17)26-10-1-2-12-13(6-10)32-4-3-31-12/h1-2,5-8H,3-4H2,(H2,23,24,25,26,27). The van der Waals surface area contributed by atoms with Crippen molar-refractivity contribution in [1.29, 1.82) is 0 Å². The molecule has 0 amide bonds. The maximum absolute atomic E-state index is 12.8. The highest BCUT2D eigenvalue weighted by atomic mass is 35.5. The molecule has 1 aliphatic rings. The fourth-order valence-electron chi connectivity index (χ4n) is 2.79. The zero-order valence-corrected chi connectivity index (χ0v) is 16.6. The largest absolute Gasteiger partial charge is 0.486 e. The van der Waals surface area contributed by atoms with Crippen molar-refractivity contribution in [1.82, 2.24) is 15.0 Å². The van der Waals surface area contributed by atoms with Gasteiger partial charge in [0.05, 0.1) is 15.5 Å². The summed E-state index contributed by atoms with van der Waals surface area (Å²) in [6.45, 7) is 0.770. The summed E-state index contributed by atoms with van der Waals surface area (Å²) in [5.74, 6) is 0.250. The number of nitrogens with zero attached hydrogens (tertiary/aromatic N) is 4. The molecule has 3 aromatic rings. The molecule has 0 aliphatic carbocycles. The van der Waals surface area contributed by atoms with Gasteiger partial charge in [-0.15, -0.1) is 0 Å². The van der Waals surface area contributed by atoms with Crippen molar-refractivity contribution in [2.24, 2.45) is 0 Å². The molecule has 1 aromatic carbocycles. The molecule has 1 aliphatic heterocycles. The second-order valence-electron chi connectivity index (χ2n) is 6.34. The highest BCUT2D eigenvalue weighted by molar-refractivity contribution is 6.33. The number of nitrogens with one attached hydrogen (secondary N) is 2. The van der Waals surface area contributed by atoms with Gasteiger partial charge in [-0.2, -0.15) is 13.2 Å². The second kappa shape index (κ2) is 8.34. The van der Waals surface area contributed by atoms with Crippen molar-refractivity contribution in [3.05, 3.63) is 57.5 Å². The smallest absolute Gasteiger partial charge is 0.417 e. The minimum absolute atomic E-state index is 0.174. The summed E-state index contributed by atoms with van der Waals surface area (Å²) in [5.41, 5.74) is -1.21. The fourth-order valence-corrected chi connectivity index (χ4v) is 3.00. The van der Waals surface area contributed by atoms with Crippen LogP contribution in [0, 0.1) is 10.1 Å². The van der Waals surface area contributed by atoms with Crippen molar-refractivity contribution < 1.29 is 27.6 Å². The first-order chi connectivity index (χ1) is 15.2. The van der Waals surface area contributed by atoms with E-state index in [0.29, 0.717) is 42.7 Å². The summed E-state index contributed by atoms with van der Waals surface area (Å²) in [6.07, 6.45) is -3.06. The molecule has 0 unspecified atom stereocenters. The zero-order valence-electron chi connectivity index (χ0n) is 15.8. The van der Waals surface area contributed by atoms with E-state index in [1.54, 1.807) is 18.2 Å². The molecule has 4 rings (SSSR count). The van der Waals surface area contributed by atoms with Crippen molar-refractivity contribution in [2.45, 2.75) is 6.18 Å². The van der Waals surface area contributed by atoms with Crippen LogP contribution in [0.5, 0.6) is 11.5 Å². The van der Waals surface area contributed by atoms with Gasteiger partial charge in [-0.05, 0) is 18.2 Å². The number of ether oxygens (including phenoxy) is 2. The number of halogens is 4. The number of rotatable bonds is 5. The molecule has 2 aromatic heterocycles. The van der Waals surface area contributed by atoms with Crippen LogP contribution in [0.15, 0.2) is 36.8 Å². The molecule has 0 bridgehead atoms. The maximum atomic E-state index is 12.8. The molecule has 0 fully saturated rings. The maximum Gasteiger partial charge on any atom is 0.417 e. The second-order valence-corrected chi connectivity index (χ2v) is 6.74. The van der Waals surface area contributed by atoms with E-state index in [-0.39, 0.29) is 17.5 Å². The van der Waals surface area contributed by atoms with Gasteiger partial charge in [0.2, 0.25) is 11.6 Å². The third-order valence-corrected chi connectivity index (χ3v) is 4.50. The van der Waals surface area contributed by atoms with Crippen molar-refractivity contribution in [2.75, 3.05) is 23.8 Å². The van der Waals surface area contributed by atoms with Crippen molar-refractivity contribution in [3.8, 4) is 11.5 Å². The quantitative estimate of drug-likeness (QED) is 0.404. The molecule has 14 heteroatoms. The minimum Gasteiger partial charge on any atom is -0.486 e. The van der Waals surface area contributed by atoms with Crippen LogP contribution in [-0.4, -0.2) is 33.1 Å². The molecule has 0 radical (unpaired) electrons. The van der Waals surface area contributed by atoms with Crippen LogP contribution in [0.4, 0.5) is 42.0 Å². The predicted molar refractivity (Wildman–Crippen MR) is 107 cm³/mol. The highest BCUT2D eigenvalue weighted by Gasteiger charge is 2.32. The number of hydrogen-bond acceptors (Lipinski definition) is 9. The fraction of sp³-hybridized carbons (Fsp3) is 0.167. The number of pyridine rings is 1. The molecule has 166 valence electrons. The first-order valence-electron chi connectivity index (χ1n) is 8.88. The lowest BCUT2D eigenvalue weighted by molar-refractivity contribution is -0.383. The number of fused-ring (bicyclic) bond motifs is 1. The number of alkyl halides is 3. The van der Waals surface area contributed by atoms with Crippen molar-refractivity contribution in [3.63, 3.8) is 0 Å². The molecule has 0 saturated carbocycles. The van der Waals surface area contributed by atoms with Gasteiger partial charge < -0.3 is 20.1 Å². The Kier molecular flexibility index (Phi) is 5.57. The average molecular weight is 469 g/mol. The molecule has 0 saturated heterocycles. The minimum atomic E-state index is -4.64. The summed E-state index contributed by atoms with van der Waals surface area (Å²) in [6, 6.07) is 5.48. The van der Waals surface area contributed by atoms with Crippen molar-refractivity contribution >= 4 is 40.4 Å². The van der Waals surface area contributed by atoms with E-state index in [0.717, 1.165) is 6.33 Å². The number of nitro groups is 1. The van der Waals surface area contributed by atoms with E-state index in [1.165, 1.54) is 0 Å². The SMILES string of the molecule is O=[N+]([O-])c1c(Nc2ccc3c(c2)OCCO3)ncnc1Nc1ncc(C(F)(F)F)cc1Cl. The van der Waals surface area contributed by atoms with Gasteiger partial charge in [0, 0.05) is 18.0 Å². The summed E-state index contributed by atoms with van der Waals surface area (Å²) in [5, 5.41) is 16.6. The topological polar surface area (TPSA) is 124 Å². The van der Waals surface area contributed by atoms with E-state index in [1.807, 2.05) is 0 Å². The molecule has 2 N–H and O–H groups in total. The highest BCUT2D eigenvalue weighted by Crippen LogP contribution is 2.38. The lowest BCUT2D eigenvalue weighted by atomic mass is 10.2. The van der Waals surface area contributed by atoms with Gasteiger partial charge in [0.1, 0.15) is 19.5 Å². The summed E-state index contributed by atoms with van der Waals surface area (Å²) < 4.78 is 49.3. The Morgan fingerprint density at radius 3 is 2.34 bits per heavy atom. The Bertz CT molecular complexity index is 1190. The van der Waals surface area contributed by atoms with E-state index in [2.05, 4.69) is 25.6 Å². The third kappa shape index (κ3) is 4.42. The van der Waals surface area contributed by atoms with Gasteiger partial charge in [-0.25, -0.2) is 15.0 Å². The summed E-state index contributed by atoms with van der Waals surface area (Å²) in [7, 11) is 0. The van der Waals surface area contributed by atoms with E-state index < -0.39 is 27.4 Å². The number of anilines is 4. The first kappa shape index (κ1) is 21.4. The van der Waals surface area contributed by atoms with Crippen LogP contribution in [0.1, 0.15) is 5.56 Å². The lowest BCUT2D eigenvalue weighted by Gasteiger charge is -2.19. The van der Waals surface area contributed by atoms with E-state index in [9.17, 15) is 23.3 Å². The molecular formula is C18H12ClF3N6O4. The molecule has 3 heterocycles. The first-order valence-corrected chi connectivity index (χ1v) is 9.26. The van der Waals surface area contributed by atoms with Crippen LogP contribution in [0.3, 0.4) is 0 Å². The number of aromatic nitrogens is 3. The van der Waals surface area contributed by atoms with Gasteiger partial charge >= 0.3 is 11.9 Å². The van der Waals surface area contributed by atoms with Crippen LogP contribution in [0.2, 0.25) is 5.02 Å². The Morgan fingerprint density at radius 1 is 1.00 bits per heavy atom. The van der Waals surface area contributed by atoms with Gasteiger partial charge in [0.15, 0.2) is 17.3 Å². The zero-order chi connectivity index (χ0) is 22.9. The van der Waals surface area contributed by atoms with Crippen LogP contribution >= 0.6 is 11.6 Å². The normalized spacial score (nSPS) is 12.9. The Balaban J connectivity index is 1.65. The Hall–Kier alpha value is -3.87. The third-order valence-electron chi connectivity index (χ3n) is 4.22. The number of benzene rings is 1. The van der Waals surface area contributed by atoms with Crippen LogP contribution < -0.4 is 20.1 Å². The monoisotopic (exact) mass is 468 g/mol. The number of hydrogen-bond donors (Lipinski definition) is 2. The molecule has 10 nitrogen and oxygen atoms in total. The molecule has 0 spiro atoms. The van der Waals surface area contributed by atoms with E-state index >= 15 is 0 Å². The van der Waals surface area contributed by atoms with Gasteiger partial charge in [-0.3, -0.25) is 10.1 Å². The summed E-state index contributed by atoms with van der Waals surface area (Å²) in [4.78, 5) is 22.3. The van der Waals surface area contributed by atoms with E-state index in [4.69, 9.17) is 21.1 Å². The van der Waals surface area contributed by atoms with Crippen LogP contribution in [-0.2, 0) is 6.18 Å². The van der Waals surface area contributed by atoms with Crippen LogP contribution in [0.25, 0.3) is 0 Å². The van der Waals surface area contributed by atoms with Gasteiger partial charge in [-0.1, -0.05) is 11.6 Å². The Morgan fingerprint density at radius 2 is 1.69 bits per heavy atom. The molecule has 32 heavy (non-hydrogen) atoms. The molecular weight excluding hydrogens is 457 g/mol. The Labute approximate surface area is 182 Å². The average Bonchev–Trinajstić information content (AvgIpc) is 2.74. The van der Waals surface area contributed by atoms with Gasteiger partial charge in [0.25, 0.3) is 0 Å². The lowest BCUT2D eigenvalue weighted by Crippen LogP contribution is -2.15.